The molecule has 0 aromatic rings. The monoisotopic (exact) mass is 190 g/mol. The van der Waals surface area contributed by atoms with Crippen LogP contribution in [0, 0.1) is 11.8 Å². The summed E-state index contributed by atoms with van der Waals surface area (Å²) >= 11 is 1.83. The van der Waals surface area contributed by atoms with E-state index in [1.54, 1.807) is 0 Å². The van der Waals surface area contributed by atoms with Gasteiger partial charge in [-0.25, -0.2) is 0 Å². The van der Waals surface area contributed by atoms with Crippen LogP contribution in [0.1, 0.15) is 20.3 Å². The first-order valence-corrected chi connectivity index (χ1v) is 5.72. The zero-order valence-electron chi connectivity index (χ0n) is 7.73. The Bertz CT molecular complexity index is 138. The molecule has 2 N–H and O–H groups in total. The molecule has 1 fully saturated rings. The lowest BCUT2D eigenvalue weighted by Gasteiger charge is -2.32. The smallest absolute Gasteiger partial charge is 0.0623 e. The van der Waals surface area contributed by atoms with Crippen molar-refractivity contribution in [2.75, 3.05) is 11.5 Å². The van der Waals surface area contributed by atoms with Crippen LogP contribution < -0.4 is 0 Å². The van der Waals surface area contributed by atoms with Crippen LogP contribution in [0.5, 0.6) is 0 Å². The second-order valence-corrected chi connectivity index (χ2v) is 4.98. The SMILES string of the molecule is CC(C)[C@H](O)[C@@H]1CSCC[C@H]1O. The van der Waals surface area contributed by atoms with Crippen LogP contribution in [0.3, 0.4) is 0 Å². The Morgan fingerprint density at radius 2 is 2.08 bits per heavy atom. The Hall–Kier alpha value is 0.270. The van der Waals surface area contributed by atoms with Crippen molar-refractivity contribution in [1.29, 1.82) is 0 Å². The van der Waals surface area contributed by atoms with E-state index in [0.717, 1.165) is 17.9 Å². The molecular weight excluding hydrogens is 172 g/mol. The third kappa shape index (κ3) is 2.38. The highest BCUT2D eigenvalue weighted by Crippen LogP contribution is 2.28. The van der Waals surface area contributed by atoms with Crippen molar-refractivity contribution in [3.05, 3.63) is 0 Å². The molecule has 0 unspecified atom stereocenters. The van der Waals surface area contributed by atoms with Crippen molar-refractivity contribution in [3.8, 4) is 0 Å². The van der Waals surface area contributed by atoms with Crippen molar-refractivity contribution in [3.63, 3.8) is 0 Å². The predicted octanol–water partition coefficient (Wildman–Crippen LogP) is 1.12. The summed E-state index contributed by atoms with van der Waals surface area (Å²) in [4.78, 5) is 0. The number of rotatable bonds is 2. The molecule has 0 aromatic heterocycles. The van der Waals surface area contributed by atoms with E-state index in [1.165, 1.54) is 0 Å². The Morgan fingerprint density at radius 3 is 2.58 bits per heavy atom. The standard InChI is InChI=1S/C9H18O2S/c1-6(2)9(11)7-5-12-4-3-8(7)10/h6-11H,3-5H2,1-2H3/t7-,8-,9+/m1/s1. The predicted molar refractivity (Wildman–Crippen MR) is 52.3 cm³/mol. The number of aliphatic hydroxyl groups excluding tert-OH is 2. The highest BCUT2D eigenvalue weighted by molar-refractivity contribution is 7.99. The Labute approximate surface area is 78.4 Å². The van der Waals surface area contributed by atoms with Crippen LogP contribution in [0.2, 0.25) is 0 Å². The van der Waals surface area contributed by atoms with Crippen LogP contribution in [0.15, 0.2) is 0 Å². The van der Waals surface area contributed by atoms with E-state index < -0.39 is 0 Å². The zero-order valence-corrected chi connectivity index (χ0v) is 8.55. The molecule has 0 aromatic carbocycles. The van der Waals surface area contributed by atoms with E-state index in [4.69, 9.17) is 0 Å². The first-order chi connectivity index (χ1) is 5.63. The van der Waals surface area contributed by atoms with Gasteiger partial charge in [-0.05, 0) is 18.1 Å². The summed E-state index contributed by atoms with van der Waals surface area (Å²) in [5.41, 5.74) is 0. The summed E-state index contributed by atoms with van der Waals surface area (Å²) in [5.74, 6) is 2.27. The van der Waals surface area contributed by atoms with Crippen molar-refractivity contribution < 1.29 is 10.2 Å². The second-order valence-electron chi connectivity index (χ2n) is 3.83. The van der Waals surface area contributed by atoms with Gasteiger partial charge in [0.25, 0.3) is 0 Å². The van der Waals surface area contributed by atoms with Gasteiger partial charge in [0.05, 0.1) is 12.2 Å². The number of aliphatic hydroxyl groups is 2. The first kappa shape index (κ1) is 10.4. The lowest BCUT2D eigenvalue weighted by atomic mass is 9.89. The van der Waals surface area contributed by atoms with Crippen molar-refractivity contribution in [2.24, 2.45) is 11.8 Å². The van der Waals surface area contributed by atoms with Crippen molar-refractivity contribution in [2.45, 2.75) is 32.5 Å². The maximum atomic E-state index is 9.75. The molecule has 0 spiro atoms. The molecule has 1 saturated heterocycles. The Balaban J connectivity index is 2.47. The minimum atomic E-state index is -0.340. The van der Waals surface area contributed by atoms with E-state index >= 15 is 0 Å². The average Bonchev–Trinajstić information content (AvgIpc) is 2.04. The molecule has 0 radical (unpaired) electrons. The van der Waals surface area contributed by atoms with Gasteiger partial charge in [-0.1, -0.05) is 13.8 Å². The molecule has 0 saturated carbocycles. The third-order valence-corrected chi connectivity index (χ3v) is 3.63. The van der Waals surface area contributed by atoms with Crippen LogP contribution in [0.25, 0.3) is 0 Å². The Morgan fingerprint density at radius 1 is 1.42 bits per heavy atom. The summed E-state index contributed by atoms with van der Waals surface area (Å²) in [6.45, 7) is 3.99. The van der Waals surface area contributed by atoms with E-state index in [9.17, 15) is 10.2 Å². The molecule has 1 heterocycles. The third-order valence-electron chi connectivity index (χ3n) is 2.48. The molecule has 1 aliphatic heterocycles. The number of thioether (sulfide) groups is 1. The van der Waals surface area contributed by atoms with E-state index in [2.05, 4.69) is 0 Å². The van der Waals surface area contributed by atoms with Crippen molar-refractivity contribution >= 4 is 11.8 Å². The van der Waals surface area contributed by atoms with E-state index in [1.807, 2.05) is 25.6 Å². The molecule has 12 heavy (non-hydrogen) atoms. The zero-order chi connectivity index (χ0) is 9.14. The lowest BCUT2D eigenvalue weighted by Crippen LogP contribution is -2.39. The molecule has 3 heteroatoms. The first-order valence-electron chi connectivity index (χ1n) is 4.56. The quantitative estimate of drug-likeness (QED) is 0.685. The lowest BCUT2D eigenvalue weighted by molar-refractivity contribution is -0.00274. The van der Waals surface area contributed by atoms with Gasteiger partial charge >= 0.3 is 0 Å². The fraction of sp³-hybridized carbons (Fsp3) is 1.00. The highest BCUT2D eigenvalue weighted by atomic mass is 32.2. The van der Waals surface area contributed by atoms with Gasteiger partial charge in [-0.3, -0.25) is 0 Å². The normalized spacial score (nSPS) is 33.8. The van der Waals surface area contributed by atoms with Gasteiger partial charge in [0.15, 0.2) is 0 Å². The highest BCUT2D eigenvalue weighted by Gasteiger charge is 2.31. The second kappa shape index (κ2) is 4.49. The summed E-state index contributed by atoms with van der Waals surface area (Å²) in [7, 11) is 0. The average molecular weight is 190 g/mol. The molecule has 1 aliphatic rings. The van der Waals surface area contributed by atoms with Crippen LogP contribution >= 0.6 is 11.8 Å². The van der Waals surface area contributed by atoms with Gasteiger partial charge in [-0.2, -0.15) is 11.8 Å². The van der Waals surface area contributed by atoms with Gasteiger partial charge in [0.2, 0.25) is 0 Å². The molecule has 0 aliphatic carbocycles. The van der Waals surface area contributed by atoms with Crippen LogP contribution in [-0.4, -0.2) is 33.9 Å². The fourth-order valence-electron chi connectivity index (χ4n) is 1.57. The van der Waals surface area contributed by atoms with Crippen LogP contribution in [-0.2, 0) is 0 Å². The maximum absolute atomic E-state index is 9.75. The van der Waals surface area contributed by atoms with Gasteiger partial charge in [0.1, 0.15) is 0 Å². The maximum Gasteiger partial charge on any atom is 0.0623 e. The number of hydrogen-bond donors (Lipinski definition) is 2. The molecule has 0 amide bonds. The largest absolute Gasteiger partial charge is 0.393 e. The summed E-state index contributed by atoms with van der Waals surface area (Å²) in [5, 5.41) is 19.4. The summed E-state index contributed by atoms with van der Waals surface area (Å²) in [6, 6.07) is 0. The van der Waals surface area contributed by atoms with E-state index in [-0.39, 0.29) is 24.0 Å². The van der Waals surface area contributed by atoms with Crippen molar-refractivity contribution in [1.82, 2.24) is 0 Å². The van der Waals surface area contributed by atoms with Gasteiger partial charge in [-0.15, -0.1) is 0 Å². The summed E-state index contributed by atoms with van der Waals surface area (Å²) < 4.78 is 0. The molecular formula is C9H18O2S. The molecule has 72 valence electrons. The number of hydrogen-bond acceptors (Lipinski definition) is 3. The fourth-order valence-corrected chi connectivity index (χ4v) is 2.84. The van der Waals surface area contributed by atoms with Gasteiger partial charge in [0, 0.05) is 11.7 Å². The molecule has 3 atom stereocenters. The Kier molecular flexibility index (Phi) is 3.87. The summed E-state index contributed by atoms with van der Waals surface area (Å²) in [6.07, 6.45) is 0.204. The van der Waals surface area contributed by atoms with Gasteiger partial charge < -0.3 is 10.2 Å². The topological polar surface area (TPSA) is 40.5 Å². The minimum Gasteiger partial charge on any atom is -0.393 e. The molecule has 2 nitrogen and oxygen atoms in total. The molecule has 1 rings (SSSR count). The van der Waals surface area contributed by atoms with E-state index in [0.29, 0.717) is 0 Å². The minimum absolute atomic E-state index is 0.0868. The van der Waals surface area contributed by atoms with Crippen LogP contribution in [0.4, 0.5) is 0 Å². The molecule has 0 bridgehead atoms.